The molecule has 8 heteroatoms. The van der Waals surface area contributed by atoms with Gasteiger partial charge in [-0.15, -0.1) is 0 Å². The average molecular weight is 408 g/mol. The molecular weight excluding hydrogens is 389 g/mol. The van der Waals surface area contributed by atoms with Gasteiger partial charge >= 0.3 is 6.03 Å². The maximum absolute atomic E-state index is 12.5. The third-order valence-corrected chi connectivity index (χ3v) is 4.97. The minimum Gasteiger partial charge on any atom is -0.490 e. The lowest BCUT2D eigenvalue weighted by Gasteiger charge is -2.24. The molecule has 2 aromatic carbocycles. The van der Waals surface area contributed by atoms with Crippen LogP contribution in [0.4, 0.5) is 21.9 Å². The van der Waals surface area contributed by atoms with Crippen LogP contribution in [0.5, 0.6) is 5.75 Å². The van der Waals surface area contributed by atoms with Crippen LogP contribution in [-0.4, -0.2) is 25.6 Å². The molecule has 3 amide bonds. The molecule has 2 aromatic rings. The molecule has 0 unspecified atom stereocenters. The van der Waals surface area contributed by atoms with E-state index in [1.807, 2.05) is 13.8 Å². The van der Waals surface area contributed by atoms with E-state index in [0.29, 0.717) is 32.9 Å². The number of halogens is 2. The van der Waals surface area contributed by atoms with Crippen LogP contribution in [0.2, 0.25) is 10.0 Å². The van der Waals surface area contributed by atoms with E-state index in [-0.39, 0.29) is 12.5 Å². The number of urea groups is 1. The van der Waals surface area contributed by atoms with Gasteiger partial charge in [-0.2, -0.15) is 0 Å². The number of hydrogen-bond donors (Lipinski definition) is 2. The van der Waals surface area contributed by atoms with E-state index in [0.717, 1.165) is 0 Å². The quantitative estimate of drug-likeness (QED) is 0.733. The van der Waals surface area contributed by atoms with Crippen LogP contribution in [0, 0.1) is 5.41 Å². The Labute approximate surface area is 167 Å². The molecule has 142 valence electrons. The number of ether oxygens (including phenoxy) is 1. The van der Waals surface area contributed by atoms with Gasteiger partial charge in [-0.05, 0) is 44.2 Å². The summed E-state index contributed by atoms with van der Waals surface area (Å²) in [5.41, 5.74) is 1.07. The standard InChI is InChI=1S/C19H19Cl2N3O3/c1-19(2)10-27-16-9-12(5-7-15(16)24(3)17(19)25)23-18(26)22-11-4-6-13(20)14(21)8-11/h4-9H,10H2,1-3H3,(H2,22,23,26). The molecule has 1 aliphatic heterocycles. The van der Waals surface area contributed by atoms with E-state index < -0.39 is 11.4 Å². The normalized spacial score (nSPS) is 15.4. The Morgan fingerprint density at radius 2 is 1.70 bits per heavy atom. The number of nitrogens with zero attached hydrogens (tertiary/aromatic N) is 1. The molecule has 0 bridgehead atoms. The van der Waals surface area contributed by atoms with E-state index >= 15 is 0 Å². The first-order valence-electron chi connectivity index (χ1n) is 8.25. The fourth-order valence-corrected chi connectivity index (χ4v) is 3.03. The van der Waals surface area contributed by atoms with Crippen LogP contribution < -0.4 is 20.3 Å². The van der Waals surface area contributed by atoms with Crippen molar-refractivity contribution in [1.82, 2.24) is 0 Å². The molecule has 3 rings (SSSR count). The fourth-order valence-electron chi connectivity index (χ4n) is 2.74. The van der Waals surface area contributed by atoms with Gasteiger partial charge in [-0.3, -0.25) is 4.79 Å². The van der Waals surface area contributed by atoms with E-state index in [2.05, 4.69) is 10.6 Å². The van der Waals surface area contributed by atoms with E-state index in [4.69, 9.17) is 27.9 Å². The Morgan fingerprint density at radius 1 is 1.07 bits per heavy atom. The molecule has 1 heterocycles. The Kier molecular flexibility index (Phi) is 5.22. The zero-order chi connectivity index (χ0) is 19.8. The number of benzene rings is 2. The number of carbonyl (C=O) groups excluding carboxylic acids is 2. The number of nitrogens with one attached hydrogen (secondary N) is 2. The lowest BCUT2D eigenvalue weighted by Crippen LogP contribution is -2.39. The highest BCUT2D eigenvalue weighted by Gasteiger charge is 2.36. The van der Waals surface area contributed by atoms with Crippen LogP contribution in [0.1, 0.15) is 13.8 Å². The number of carbonyl (C=O) groups is 2. The van der Waals surface area contributed by atoms with Crippen LogP contribution in [0.25, 0.3) is 0 Å². The predicted octanol–water partition coefficient (Wildman–Crippen LogP) is 5.02. The number of amides is 3. The summed E-state index contributed by atoms with van der Waals surface area (Å²) in [6, 6.07) is 9.51. The maximum atomic E-state index is 12.5. The molecular formula is C19H19Cl2N3O3. The monoisotopic (exact) mass is 407 g/mol. The molecule has 0 aliphatic carbocycles. The molecule has 0 fully saturated rings. The SMILES string of the molecule is CN1C(=O)C(C)(C)COc2cc(NC(=O)Nc3ccc(Cl)c(Cl)c3)ccc21. The van der Waals surface area contributed by atoms with Gasteiger partial charge in [0.15, 0.2) is 0 Å². The van der Waals surface area contributed by atoms with Gasteiger partial charge in [0, 0.05) is 24.5 Å². The molecule has 0 aromatic heterocycles. The second-order valence-corrected chi connectivity index (χ2v) is 7.74. The predicted molar refractivity (Wildman–Crippen MR) is 108 cm³/mol. The van der Waals surface area contributed by atoms with Crippen molar-refractivity contribution in [3.8, 4) is 5.75 Å². The van der Waals surface area contributed by atoms with Gasteiger partial charge in [-0.1, -0.05) is 23.2 Å². The average Bonchev–Trinajstić information content (AvgIpc) is 2.69. The summed E-state index contributed by atoms with van der Waals surface area (Å²) in [6.07, 6.45) is 0. The van der Waals surface area contributed by atoms with Gasteiger partial charge in [0.25, 0.3) is 0 Å². The van der Waals surface area contributed by atoms with Crippen molar-refractivity contribution in [2.24, 2.45) is 5.41 Å². The summed E-state index contributed by atoms with van der Waals surface area (Å²) in [7, 11) is 1.71. The van der Waals surface area contributed by atoms with Crippen molar-refractivity contribution in [1.29, 1.82) is 0 Å². The lowest BCUT2D eigenvalue weighted by molar-refractivity contribution is -0.127. The molecule has 0 radical (unpaired) electrons. The molecule has 0 saturated carbocycles. The first-order valence-corrected chi connectivity index (χ1v) is 9.01. The van der Waals surface area contributed by atoms with Gasteiger partial charge < -0.3 is 20.3 Å². The molecule has 2 N–H and O–H groups in total. The summed E-state index contributed by atoms with van der Waals surface area (Å²) < 4.78 is 5.81. The van der Waals surface area contributed by atoms with Crippen LogP contribution in [0.15, 0.2) is 36.4 Å². The largest absolute Gasteiger partial charge is 0.490 e. The number of hydrogen-bond acceptors (Lipinski definition) is 3. The van der Waals surface area contributed by atoms with E-state index in [1.165, 1.54) is 0 Å². The summed E-state index contributed by atoms with van der Waals surface area (Å²) in [5.74, 6) is 0.503. The summed E-state index contributed by atoms with van der Waals surface area (Å²) in [6.45, 7) is 3.92. The van der Waals surface area contributed by atoms with Gasteiger partial charge in [0.1, 0.15) is 12.4 Å². The Bertz CT molecular complexity index is 915. The zero-order valence-electron chi connectivity index (χ0n) is 15.1. The van der Waals surface area contributed by atoms with Crippen LogP contribution in [0.3, 0.4) is 0 Å². The van der Waals surface area contributed by atoms with E-state index in [1.54, 1.807) is 48.3 Å². The highest BCUT2D eigenvalue weighted by atomic mass is 35.5. The molecule has 0 spiro atoms. The second kappa shape index (κ2) is 7.29. The van der Waals surface area contributed by atoms with Crippen molar-refractivity contribution in [2.75, 3.05) is 29.2 Å². The summed E-state index contributed by atoms with van der Waals surface area (Å²) in [4.78, 5) is 26.3. The fraction of sp³-hybridized carbons (Fsp3) is 0.263. The third-order valence-electron chi connectivity index (χ3n) is 4.23. The zero-order valence-corrected chi connectivity index (χ0v) is 16.6. The minimum absolute atomic E-state index is 0.0284. The molecule has 0 atom stereocenters. The van der Waals surface area contributed by atoms with Gasteiger partial charge in [-0.25, -0.2) is 4.79 Å². The number of anilines is 3. The van der Waals surface area contributed by atoms with Crippen LogP contribution >= 0.6 is 23.2 Å². The maximum Gasteiger partial charge on any atom is 0.323 e. The Hall–Kier alpha value is -2.44. The van der Waals surface area contributed by atoms with Crippen molar-refractivity contribution in [3.05, 3.63) is 46.4 Å². The second-order valence-electron chi connectivity index (χ2n) is 6.93. The smallest absolute Gasteiger partial charge is 0.323 e. The summed E-state index contributed by atoms with van der Waals surface area (Å²) >= 11 is 11.8. The van der Waals surface area contributed by atoms with E-state index in [9.17, 15) is 9.59 Å². The number of rotatable bonds is 2. The van der Waals surface area contributed by atoms with Crippen LogP contribution in [-0.2, 0) is 4.79 Å². The molecule has 0 saturated heterocycles. The lowest BCUT2D eigenvalue weighted by atomic mass is 9.93. The number of fused-ring (bicyclic) bond motifs is 1. The third kappa shape index (κ3) is 4.12. The molecule has 6 nitrogen and oxygen atoms in total. The van der Waals surface area contributed by atoms with Crippen molar-refractivity contribution in [2.45, 2.75) is 13.8 Å². The van der Waals surface area contributed by atoms with Crippen molar-refractivity contribution < 1.29 is 14.3 Å². The van der Waals surface area contributed by atoms with Gasteiger partial charge in [0.2, 0.25) is 5.91 Å². The minimum atomic E-state index is -0.632. The molecule has 27 heavy (non-hydrogen) atoms. The summed E-state index contributed by atoms with van der Waals surface area (Å²) in [5, 5.41) is 6.17. The Balaban J connectivity index is 1.75. The van der Waals surface area contributed by atoms with Crippen molar-refractivity contribution in [3.63, 3.8) is 0 Å². The van der Waals surface area contributed by atoms with Gasteiger partial charge in [0.05, 0.1) is 21.1 Å². The first kappa shape index (κ1) is 19.3. The first-order chi connectivity index (χ1) is 12.7. The highest BCUT2D eigenvalue weighted by Crippen LogP contribution is 2.37. The molecule has 1 aliphatic rings. The van der Waals surface area contributed by atoms with Crippen molar-refractivity contribution >= 4 is 52.2 Å². The Morgan fingerprint density at radius 3 is 2.37 bits per heavy atom. The topological polar surface area (TPSA) is 70.7 Å². The highest BCUT2D eigenvalue weighted by molar-refractivity contribution is 6.42.